The van der Waals surface area contributed by atoms with Gasteiger partial charge in [0.15, 0.2) is 11.4 Å². The smallest absolute Gasteiger partial charge is 0.303 e. The number of ether oxygens (including phenoxy) is 2. The van der Waals surface area contributed by atoms with Crippen LogP contribution < -0.4 is 0 Å². The van der Waals surface area contributed by atoms with Crippen molar-refractivity contribution in [1.82, 2.24) is 0 Å². The second kappa shape index (κ2) is 6.59. The lowest BCUT2D eigenvalue weighted by atomic mass is 9.45. The van der Waals surface area contributed by atoms with E-state index in [1.54, 1.807) is 20.8 Å². The van der Waals surface area contributed by atoms with E-state index < -0.39 is 70.2 Å². The van der Waals surface area contributed by atoms with Crippen molar-refractivity contribution >= 4 is 11.8 Å². The van der Waals surface area contributed by atoms with Gasteiger partial charge in [-0.1, -0.05) is 13.8 Å². The maximum absolute atomic E-state index is 13.8. The minimum atomic E-state index is -1.99. The number of aliphatic hydroxyl groups excluding tert-OH is 4. The molecule has 0 radical (unpaired) electrons. The molecule has 4 aliphatic rings. The highest BCUT2D eigenvalue weighted by Gasteiger charge is 2.76. The second-order valence-corrected chi connectivity index (χ2v) is 10.4. The molecule has 0 amide bonds. The van der Waals surface area contributed by atoms with Gasteiger partial charge >= 0.3 is 5.97 Å². The fraction of sp³-hybridized carbons (Fsp3) is 0.818. The van der Waals surface area contributed by atoms with Crippen LogP contribution in [0.3, 0.4) is 0 Å². The minimum Gasteiger partial charge on any atom is -0.454 e. The normalized spacial score (nSPS) is 51.1. The van der Waals surface area contributed by atoms with Crippen LogP contribution in [0.25, 0.3) is 0 Å². The standard InChI is InChI=1S/C22H32O9/c1-9-11(24)7-22(29)18(28)16-20(5,17(27)15(26)14(9)19(22,3)4)12(25)6-13-21(16,8-30-13)31-10(2)23/h11-13,15-16,18,24-26,28-29H,6-8H2,1-5H3/t11-,12-,13+,15+,16?,18-,20+,21-,22+/m0/s1. The zero-order chi connectivity index (χ0) is 23.3. The summed E-state index contributed by atoms with van der Waals surface area (Å²) in [5.41, 5.74) is -6.00. The van der Waals surface area contributed by atoms with Crippen LogP contribution in [0.5, 0.6) is 0 Å². The molecule has 4 rings (SSSR count). The number of Topliss-reactive ketones (excluding diaryl/α,β-unsaturated/α-hetero) is 1. The van der Waals surface area contributed by atoms with E-state index in [1.165, 1.54) is 13.8 Å². The fourth-order valence-electron chi connectivity index (χ4n) is 6.78. The summed E-state index contributed by atoms with van der Waals surface area (Å²) in [6.45, 7) is 7.30. The Morgan fingerprint density at radius 3 is 2.29 bits per heavy atom. The van der Waals surface area contributed by atoms with Crippen LogP contribution in [0.15, 0.2) is 11.1 Å². The third kappa shape index (κ3) is 2.53. The summed E-state index contributed by atoms with van der Waals surface area (Å²) in [6, 6.07) is 0. The third-order valence-electron chi connectivity index (χ3n) is 8.73. The van der Waals surface area contributed by atoms with Crippen LogP contribution in [-0.2, 0) is 19.1 Å². The first-order valence-electron chi connectivity index (χ1n) is 10.7. The molecule has 0 aromatic heterocycles. The molecule has 3 fully saturated rings. The molecule has 9 atom stereocenters. The molecule has 1 heterocycles. The maximum Gasteiger partial charge on any atom is 0.303 e. The highest BCUT2D eigenvalue weighted by molar-refractivity contribution is 5.93. The van der Waals surface area contributed by atoms with Crippen molar-refractivity contribution in [2.75, 3.05) is 6.61 Å². The number of ketones is 1. The van der Waals surface area contributed by atoms with Gasteiger partial charge in [-0.15, -0.1) is 0 Å². The summed E-state index contributed by atoms with van der Waals surface area (Å²) in [6.07, 6.45) is -6.97. The summed E-state index contributed by atoms with van der Waals surface area (Å²) >= 11 is 0. The van der Waals surface area contributed by atoms with Crippen LogP contribution in [0.2, 0.25) is 0 Å². The maximum atomic E-state index is 13.8. The van der Waals surface area contributed by atoms with E-state index >= 15 is 0 Å². The molecule has 0 aromatic carbocycles. The Balaban J connectivity index is 2.02. The Hall–Kier alpha value is -1.36. The average Bonchev–Trinajstić information content (AvgIpc) is 2.65. The predicted octanol–water partition coefficient (Wildman–Crippen LogP) is -0.783. The molecule has 0 aromatic rings. The molecule has 9 heteroatoms. The first-order chi connectivity index (χ1) is 14.2. The molecular weight excluding hydrogens is 408 g/mol. The van der Waals surface area contributed by atoms with Crippen molar-refractivity contribution in [2.45, 2.75) is 89.2 Å². The van der Waals surface area contributed by atoms with Crippen LogP contribution in [0, 0.1) is 16.7 Å². The number of esters is 1. The van der Waals surface area contributed by atoms with Crippen molar-refractivity contribution in [3.8, 4) is 0 Å². The SMILES string of the molecule is CC(=O)O[C@@]12CO[C@@H]1C[C@H](O)[C@@]1(C)C(=O)[C@H](O)C3=C(C)[C@@H](O)C[C@@](O)([C@@H](O)C12)C3(C)C. The zero-order valence-electron chi connectivity index (χ0n) is 18.5. The van der Waals surface area contributed by atoms with Crippen molar-refractivity contribution in [3.63, 3.8) is 0 Å². The summed E-state index contributed by atoms with van der Waals surface area (Å²) in [7, 11) is 0. The molecule has 3 aliphatic carbocycles. The van der Waals surface area contributed by atoms with E-state index in [0.29, 0.717) is 5.57 Å². The van der Waals surface area contributed by atoms with Gasteiger partial charge < -0.3 is 35.0 Å². The first kappa shape index (κ1) is 22.8. The number of fused-ring (bicyclic) bond motifs is 5. The van der Waals surface area contributed by atoms with Gasteiger partial charge in [0.05, 0.1) is 30.3 Å². The Labute approximate surface area is 180 Å². The third-order valence-corrected chi connectivity index (χ3v) is 8.73. The summed E-state index contributed by atoms with van der Waals surface area (Å²) < 4.78 is 11.2. The lowest BCUT2D eigenvalue weighted by Crippen LogP contribution is -2.81. The van der Waals surface area contributed by atoms with Gasteiger partial charge in [0.1, 0.15) is 17.8 Å². The van der Waals surface area contributed by atoms with Crippen LogP contribution >= 0.6 is 0 Å². The number of rotatable bonds is 1. The highest BCUT2D eigenvalue weighted by Crippen LogP contribution is 2.63. The van der Waals surface area contributed by atoms with E-state index in [1.807, 2.05) is 0 Å². The molecule has 5 N–H and O–H groups in total. The topological polar surface area (TPSA) is 154 Å². The Kier molecular flexibility index (Phi) is 4.85. The van der Waals surface area contributed by atoms with Crippen molar-refractivity contribution in [1.29, 1.82) is 0 Å². The molecule has 0 spiro atoms. The monoisotopic (exact) mass is 440 g/mol. The number of carbonyl (C=O) groups excluding carboxylic acids is 2. The van der Waals surface area contributed by atoms with Crippen LogP contribution in [0.1, 0.15) is 47.5 Å². The molecule has 2 bridgehead atoms. The molecule has 1 saturated heterocycles. The Morgan fingerprint density at radius 2 is 1.77 bits per heavy atom. The largest absolute Gasteiger partial charge is 0.454 e. The van der Waals surface area contributed by atoms with Crippen LogP contribution in [-0.4, -0.2) is 85.6 Å². The van der Waals surface area contributed by atoms with E-state index in [4.69, 9.17) is 9.47 Å². The number of hydrogen-bond donors (Lipinski definition) is 5. The summed E-state index contributed by atoms with van der Waals surface area (Å²) in [5, 5.41) is 56.5. The van der Waals surface area contributed by atoms with Crippen molar-refractivity contribution in [2.24, 2.45) is 16.7 Å². The van der Waals surface area contributed by atoms with E-state index in [0.717, 1.165) is 0 Å². The number of hydrogen-bond acceptors (Lipinski definition) is 9. The molecule has 174 valence electrons. The molecule has 9 nitrogen and oxygen atoms in total. The summed E-state index contributed by atoms with van der Waals surface area (Å²) in [4.78, 5) is 25.8. The molecule has 2 saturated carbocycles. The summed E-state index contributed by atoms with van der Waals surface area (Å²) in [5.74, 6) is -2.68. The quantitative estimate of drug-likeness (QED) is 0.261. The van der Waals surface area contributed by atoms with Crippen molar-refractivity contribution < 1.29 is 44.6 Å². The number of carbonyl (C=O) groups is 2. The molecule has 1 aliphatic heterocycles. The van der Waals surface area contributed by atoms with E-state index in [-0.39, 0.29) is 25.0 Å². The minimum absolute atomic E-state index is 0.0338. The molecular formula is C22H32O9. The van der Waals surface area contributed by atoms with Gasteiger partial charge in [-0.2, -0.15) is 0 Å². The van der Waals surface area contributed by atoms with Crippen LogP contribution in [0.4, 0.5) is 0 Å². The van der Waals surface area contributed by atoms with E-state index in [9.17, 15) is 35.1 Å². The first-order valence-corrected chi connectivity index (χ1v) is 10.7. The highest BCUT2D eigenvalue weighted by atomic mass is 16.6. The zero-order valence-corrected chi connectivity index (χ0v) is 18.5. The van der Waals surface area contributed by atoms with Gasteiger partial charge in [0.2, 0.25) is 0 Å². The Bertz CT molecular complexity index is 865. The van der Waals surface area contributed by atoms with Gasteiger partial charge in [-0.3, -0.25) is 9.59 Å². The molecule has 1 unspecified atom stereocenters. The van der Waals surface area contributed by atoms with Gasteiger partial charge in [0.25, 0.3) is 0 Å². The molecule has 31 heavy (non-hydrogen) atoms. The van der Waals surface area contributed by atoms with Crippen molar-refractivity contribution in [3.05, 3.63) is 11.1 Å². The fourth-order valence-corrected chi connectivity index (χ4v) is 6.78. The van der Waals surface area contributed by atoms with Gasteiger partial charge in [0, 0.05) is 31.1 Å². The predicted molar refractivity (Wildman–Crippen MR) is 106 cm³/mol. The van der Waals surface area contributed by atoms with Gasteiger partial charge in [-0.05, 0) is 25.0 Å². The second-order valence-electron chi connectivity index (χ2n) is 10.4. The lowest BCUT2D eigenvalue weighted by Gasteiger charge is -2.67. The lowest BCUT2D eigenvalue weighted by molar-refractivity contribution is -0.346. The average molecular weight is 440 g/mol. The van der Waals surface area contributed by atoms with Gasteiger partial charge in [-0.25, -0.2) is 0 Å². The number of aliphatic hydroxyl groups is 5. The Morgan fingerprint density at radius 1 is 1.16 bits per heavy atom. The van der Waals surface area contributed by atoms with E-state index in [2.05, 4.69) is 0 Å².